The van der Waals surface area contributed by atoms with Gasteiger partial charge in [-0.05, 0) is 102 Å². The Morgan fingerprint density at radius 3 is 1.49 bits per heavy atom. The largest absolute Gasteiger partial charge is 0.311 e. The summed E-state index contributed by atoms with van der Waals surface area (Å²) in [5.41, 5.74) is 4.71. The average Bonchev–Trinajstić information content (AvgIpc) is 3.28. The van der Waals surface area contributed by atoms with Crippen molar-refractivity contribution in [2.75, 3.05) is 4.90 Å². The van der Waals surface area contributed by atoms with Gasteiger partial charge in [0.15, 0.2) is 0 Å². The molecule has 0 N–H and O–H groups in total. The molecule has 0 spiro atoms. The predicted octanol–water partition coefficient (Wildman–Crippen LogP) is 14.1. The highest BCUT2D eigenvalue weighted by Crippen LogP contribution is 2.41. The average molecular weight is 658 g/mol. The van der Waals surface area contributed by atoms with Crippen LogP contribution in [0.5, 0.6) is 0 Å². The zero-order valence-electron chi connectivity index (χ0n) is 35.5. The molecule has 0 aliphatic rings. The van der Waals surface area contributed by atoms with Crippen molar-refractivity contribution >= 4 is 38.6 Å². The lowest BCUT2D eigenvalue weighted by atomic mass is 9.90. The molecular formula is C50H35N. The number of fused-ring (bicyclic) bond motifs is 2. The zero-order chi connectivity index (χ0) is 40.9. The number of hydrogen-bond donors (Lipinski definition) is 0. The Kier molecular flexibility index (Phi) is 5.96. The van der Waals surface area contributed by atoms with Crippen LogP contribution < -0.4 is 4.90 Å². The summed E-state index contributed by atoms with van der Waals surface area (Å²) in [7, 11) is 0. The molecule has 9 rings (SSSR count). The van der Waals surface area contributed by atoms with Crippen molar-refractivity contribution in [2.45, 2.75) is 0 Å². The number of anilines is 3. The number of rotatable bonds is 7. The van der Waals surface area contributed by atoms with Crippen molar-refractivity contribution < 1.29 is 11.0 Å². The maximum Gasteiger partial charge on any atom is 0.0645 e. The highest BCUT2D eigenvalue weighted by molar-refractivity contribution is 6.04. The molecule has 240 valence electrons. The molecule has 0 heterocycles. The second kappa shape index (κ2) is 13.3. The molecule has 0 aliphatic carbocycles. The van der Waals surface area contributed by atoms with Gasteiger partial charge in [0.1, 0.15) is 0 Å². The fourth-order valence-corrected chi connectivity index (χ4v) is 6.75. The lowest BCUT2D eigenvalue weighted by Gasteiger charge is -2.26. The molecule has 0 saturated carbocycles. The van der Waals surface area contributed by atoms with E-state index in [1.807, 2.05) is 127 Å². The number of benzene rings is 9. The fourth-order valence-electron chi connectivity index (χ4n) is 6.75. The minimum atomic E-state index is -0.393. The first-order valence-corrected chi connectivity index (χ1v) is 16.9. The van der Waals surface area contributed by atoms with Crippen LogP contribution in [0.3, 0.4) is 0 Å². The first-order valence-electron chi connectivity index (χ1n) is 20.9. The van der Waals surface area contributed by atoms with E-state index >= 15 is 0 Å². The summed E-state index contributed by atoms with van der Waals surface area (Å²) in [4.78, 5) is 1.35. The van der Waals surface area contributed by atoms with E-state index in [1.54, 1.807) is 36.4 Å². The summed E-state index contributed by atoms with van der Waals surface area (Å²) in [5.74, 6) is 0. The Morgan fingerprint density at radius 2 is 0.824 bits per heavy atom. The molecule has 9 aromatic carbocycles. The monoisotopic (exact) mass is 657 g/mol. The normalized spacial score (nSPS) is 13.3. The van der Waals surface area contributed by atoms with Crippen LogP contribution in [-0.2, 0) is 0 Å². The summed E-state index contributed by atoms with van der Waals surface area (Å²) in [6, 6.07) is 48.7. The molecule has 51 heavy (non-hydrogen) atoms. The van der Waals surface area contributed by atoms with E-state index in [-0.39, 0.29) is 58.8 Å². The number of hydrogen-bond acceptors (Lipinski definition) is 1. The maximum atomic E-state index is 9.63. The van der Waals surface area contributed by atoms with Crippen molar-refractivity contribution in [1.29, 1.82) is 0 Å². The van der Waals surface area contributed by atoms with Gasteiger partial charge in [-0.15, -0.1) is 0 Å². The first-order chi connectivity index (χ1) is 28.7. The Morgan fingerprint density at radius 1 is 0.294 bits per heavy atom. The van der Waals surface area contributed by atoms with Crippen molar-refractivity contribution in [2.24, 2.45) is 0 Å². The van der Waals surface area contributed by atoms with Gasteiger partial charge < -0.3 is 4.90 Å². The van der Waals surface area contributed by atoms with Gasteiger partial charge in [0.2, 0.25) is 0 Å². The summed E-state index contributed by atoms with van der Waals surface area (Å²) in [6.07, 6.45) is 0. The third-order valence-electron chi connectivity index (χ3n) is 9.22. The second-order valence-corrected chi connectivity index (χ2v) is 12.3. The van der Waals surface area contributed by atoms with E-state index in [4.69, 9.17) is 0 Å². The molecule has 0 unspecified atom stereocenters. The van der Waals surface area contributed by atoms with Crippen molar-refractivity contribution in [1.82, 2.24) is 0 Å². The number of nitrogens with zero attached hydrogens (tertiary/aromatic N) is 1. The van der Waals surface area contributed by atoms with Gasteiger partial charge in [0, 0.05) is 17.1 Å². The summed E-state index contributed by atoms with van der Waals surface area (Å²) in [5, 5.41) is 3.98. The predicted molar refractivity (Wildman–Crippen MR) is 218 cm³/mol. The summed E-state index contributed by atoms with van der Waals surface area (Å²) in [6.45, 7) is 0. The molecule has 9 aromatic rings. The standard InChI is InChI=1S/C50H35N/c1-3-12-36(13-4-1)37-22-29-43(30-23-37)51(44-31-24-40(25-32-44)47-21-11-18-38-14-7-9-19-46(38)47)45-33-26-41(27-34-45)49-35-28-39-15-8-10-20-48(39)50(49)42-16-5-2-6-17-42/h1-35H/i22D,23D,26D,27D,29D,30D,33D,34D. The molecule has 0 radical (unpaired) electrons. The minimum absolute atomic E-state index is 0.110. The maximum absolute atomic E-state index is 9.63. The van der Waals surface area contributed by atoms with E-state index in [0.29, 0.717) is 16.8 Å². The molecule has 0 aromatic heterocycles. The molecule has 1 heteroatoms. The summed E-state index contributed by atoms with van der Waals surface area (Å²) < 4.78 is 75.6. The lowest BCUT2D eigenvalue weighted by molar-refractivity contribution is 1.28. The van der Waals surface area contributed by atoms with Gasteiger partial charge in [-0.2, -0.15) is 0 Å². The SMILES string of the molecule is [2H]c1c([2H])c(N(c2ccc(-c3cccc4ccccc34)cc2)c2c([2H])c([2H])c(-c3ccc4ccccc4c3-c3ccccc3)c([2H])c2[2H])c([2H])c([2H])c1-c1ccccc1. The van der Waals surface area contributed by atoms with Gasteiger partial charge in [0.25, 0.3) is 0 Å². The highest BCUT2D eigenvalue weighted by atomic mass is 15.1. The van der Waals surface area contributed by atoms with Gasteiger partial charge in [-0.25, -0.2) is 0 Å². The Balaban J connectivity index is 1.30. The molecule has 0 bridgehead atoms. The highest BCUT2D eigenvalue weighted by Gasteiger charge is 2.16. The molecule has 0 saturated heterocycles. The van der Waals surface area contributed by atoms with Gasteiger partial charge >= 0.3 is 0 Å². The smallest absolute Gasteiger partial charge is 0.0645 e. The van der Waals surface area contributed by atoms with Crippen LogP contribution in [0, 0.1) is 0 Å². The quantitative estimate of drug-likeness (QED) is 0.165. The zero-order valence-corrected chi connectivity index (χ0v) is 27.5. The molecule has 0 amide bonds. The molecule has 0 aliphatic heterocycles. The van der Waals surface area contributed by atoms with Crippen LogP contribution in [0.1, 0.15) is 11.0 Å². The van der Waals surface area contributed by atoms with Crippen molar-refractivity contribution in [3.05, 3.63) is 212 Å². The minimum Gasteiger partial charge on any atom is -0.311 e. The van der Waals surface area contributed by atoms with Crippen LogP contribution in [0.4, 0.5) is 17.1 Å². The lowest BCUT2D eigenvalue weighted by Crippen LogP contribution is -2.09. The third kappa shape index (κ3) is 5.86. The van der Waals surface area contributed by atoms with Crippen LogP contribution >= 0.6 is 0 Å². The van der Waals surface area contributed by atoms with E-state index in [0.717, 1.165) is 43.8 Å². The van der Waals surface area contributed by atoms with E-state index in [2.05, 4.69) is 0 Å². The van der Waals surface area contributed by atoms with Crippen LogP contribution in [0.25, 0.3) is 66.1 Å². The Hall–Kier alpha value is -6.70. The van der Waals surface area contributed by atoms with Gasteiger partial charge in [0.05, 0.1) is 11.0 Å². The third-order valence-corrected chi connectivity index (χ3v) is 9.22. The van der Waals surface area contributed by atoms with E-state index in [9.17, 15) is 11.0 Å². The Labute approximate surface area is 310 Å². The molecule has 0 fully saturated rings. The van der Waals surface area contributed by atoms with Gasteiger partial charge in [-0.1, -0.05) is 176 Å². The van der Waals surface area contributed by atoms with Crippen molar-refractivity contribution in [3.63, 3.8) is 0 Å². The molecule has 1 nitrogen and oxygen atoms in total. The summed E-state index contributed by atoms with van der Waals surface area (Å²) >= 11 is 0. The van der Waals surface area contributed by atoms with Crippen LogP contribution in [0.15, 0.2) is 212 Å². The Bertz CT molecular complexity index is 3010. The van der Waals surface area contributed by atoms with Crippen LogP contribution in [-0.4, -0.2) is 0 Å². The molecule has 0 atom stereocenters. The first kappa shape index (κ1) is 22.8. The van der Waals surface area contributed by atoms with E-state index < -0.39 is 12.1 Å². The van der Waals surface area contributed by atoms with Gasteiger partial charge in [-0.3, -0.25) is 0 Å². The topological polar surface area (TPSA) is 3.24 Å². The molecular weight excluding hydrogens is 615 g/mol. The second-order valence-electron chi connectivity index (χ2n) is 12.3. The van der Waals surface area contributed by atoms with Crippen molar-refractivity contribution in [3.8, 4) is 44.5 Å². The fraction of sp³-hybridized carbons (Fsp3) is 0. The van der Waals surface area contributed by atoms with Crippen LogP contribution in [0.2, 0.25) is 0 Å². The van der Waals surface area contributed by atoms with E-state index in [1.165, 1.54) is 4.90 Å².